The second-order valence-electron chi connectivity index (χ2n) is 8.96. The first-order chi connectivity index (χ1) is 15.9. The second-order valence-corrected chi connectivity index (χ2v) is 8.96. The van der Waals surface area contributed by atoms with Crippen molar-refractivity contribution in [3.8, 4) is 0 Å². The standard InChI is InChI=1S/C27H52N2O4/c1-6-9-10-11-12-13-14-15-16-17-19-25(20-21-26(30)32-24(4)5)33-27(31)28-22-18-23-29(7-2)8-3/h24-25H,4-23H2,1-3H3,(H,28,31). The number of nitrogens with zero attached hydrogens (tertiary/aromatic N) is 1. The zero-order valence-corrected chi connectivity index (χ0v) is 21.9. The maximum absolute atomic E-state index is 12.3. The zero-order valence-electron chi connectivity index (χ0n) is 21.9. The predicted molar refractivity (Wildman–Crippen MR) is 137 cm³/mol. The Bertz CT molecular complexity index is 467. The van der Waals surface area contributed by atoms with Crippen LogP contribution in [0.2, 0.25) is 0 Å². The molecule has 33 heavy (non-hydrogen) atoms. The molecule has 1 atom stereocenters. The molecule has 0 saturated heterocycles. The summed E-state index contributed by atoms with van der Waals surface area (Å²) in [5.74, 6) is -0.346. The van der Waals surface area contributed by atoms with Crippen molar-refractivity contribution in [1.29, 1.82) is 0 Å². The molecule has 0 fully saturated rings. The summed E-state index contributed by atoms with van der Waals surface area (Å²) >= 11 is 0. The lowest BCUT2D eigenvalue weighted by atomic mass is 10.0. The van der Waals surface area contributed by atoms with Crippen molar-refractivity contribution < 1.29 is 19.1 Å². The van der Waals surface area contributed by atoms with E-state index in [2.05, 4.69) is 44.8 Å². The number of carbonyl (C=O) groups excluding carboxylic acids is 2. The molecule has 1 unspecified atom stereocenters. The fraction of sp³-hybridized carbons (Fsp3) is 0.852. The Balaban J connectivity index is 4.21. The van der Waals surface area contributed by atoms with E-state index in [9.17, 15) is 9.59 Å². The Morgan fingerprint density at radius 2 is 1.36 bits per heavy atom. The highest BCUT2D eigenvalue weighted by atomic mass is 16.6. The molecule has 0 spiro atoms. The Morgan fingerprint density at radius 1 is 0.788 bits per heavy atom. The third-order valence-electron chi connectivity index (χ3n) is 5.94. The lowest BCUT2D eigenvalue weighted by molar-refractivity contribution is -0.146. The van der Waals surface area contributed by atoms with Crippen LogP contribution in [-0.4, -0.2) is 55.3 Å². The van der Waals surface area contributed by atoms with Gasteiger partial charge in [-0.3, -0.25) is 4.79 Å². The average molecular weight is 469 g/mol. The van der Waals surface area contributed by atoms with E-state index in [4.69, 9.17) is 9.47 Å². The van der Waals surface area contributed by atoms with Crippen molar-refractivity contribution in [3.05, 3.63) is 13.8 Å². The first-order valence-electron chi connectivity index (χ1n) is 13.4. The van der Waals surface area contributed by atoms with Gasteiger partial charge in [-0.1, -0.05) is 78.6 Å². The summed E-state index contributed by atoms with van der Waals surface area (Å²) in [6.07, 6.45) is 13.7. The van der Waals surface area contributed by atoms with Gasteiger partial charge in [0.15, 0.2) is 0 Å². The molecule has 6 nitrogen and oxygen atoms in total. The van der Waals surface area contributed by atoms with Gasteiger partial charge >= 0.3 is 12.1 Å². The van der Waals surface area contributed by atoms with E-state index in [0.717, 1.165) is 45.3 Å². The van der Waals surface area contributed by atoms with Crippen molar-refractivity contribution in [2.24, 2.45) is 0 Å². The first kappa shape index (κ1) is 31.7. The van der Waals surface area contributed by atoms with Crippen LogP contribution in [0.25, 0.3) is 0 Å². The van der Waals surface area contributed by atoms with E-state index in [1.807, 2.05) is 0 Å². The second kappa shape index (κ2) is 22.5. The molecule has 0 rings (SSSR count). The summed E-state index contributed by atoms with van der Waals surface area (Å²) < 4.78 is 10.7. The Hall–Kier alpha value is -1.30. The van der Waals surface area contributed by atoms with Crippen LogP contribution in [0.1, 0.15) is 111 Å². The largest absolute Gasteiger partial charge is 0.462 e. The van der Waals surface area contributed by atoms with E-state index in [1.165, 1.54) is 51.4 Å². The molecule has 194 valence electrons. The summed E-state index contributed by atoms with van der Waals surface area (Å²) in [6, 6.07) is 0. The van der Waals surface area contributed by atoms with Gasteiger partial charge in [0.25, 0.3) is 0 Å². The van der Waals surface area contributed by atoms with Gasteiger partial charge in [0.2, 0.25) is 0 Å². The van der Waals surface area contributed by atoms with E-state index in [-0.39, 0.29) is 18.5 Å². The van der Waals surface area contributed by atoms with Crippen LogP contribution in [0, 0.1) is 13.8 Å². The number of nitrogens with one attached hydrogen (secondary N) is 1. The fourth-order valence-corrected chi connectivity index (χ4v) is 3.87. The molecule has 0 aliphatic heterocycles. The van der Waals surface area contributed by atoms with Crippen molar-refractivity contribution >= 4 is 12.1 Å². The lowest BCUT2D eigenvalue weighted by Gasteiger charge is -2.20. The first-order valence-corrected chi connectivity index (χ1v) is 13.4. The molecule has 6 heteroatoms. The van der Waals surface area contributed by atoms with Crippen molar-refractivity contribution in [2.75, 3.05) is 26.2 Å². The molecule has 1 amide bonds. The molecule has 1 N–H and O–H groups in total. The van der Waals surface area contributed by atoms with E-state index < -0.39 is 12.2 Å². The summed E-state index contributed by atoms with van der Waals surface area (Å²) in [4.78, 5) is 26.4. The Labute approximate surface area is 204 Å². The third-order valence-corrected chi connectivity index (χ3v) is 5.94. The Morgan fingerprint density at radius 3 is 1.91 bits per heavy atom. The van der Waals surface area contributed by atoms with Crippen molar-refractivity contribution in [1.82, 2.24) is 10.2 Å². The van der Waals surface area contributed by atoms with E-state index >= 15 is 0 Å². The highest BCUT2D eigenvalue weighted by molar-refractivity contribution is 5.70. The van der Waals surface area contributed by atoms with Gasteiger partial charge in [0.1, 0.15) is 12.2 Å². The summed E-state index contributed by atoms with van der Waals surface area (Å²) in [6.45, 7) is 17.2. The van der Waals surface area contributed by atoms with Crippen molar-refractivity contribution in [3.63, 3.8) is 0 Å². The number of hydrogen-bond acceptors (Lipinski definition) is 5. The zero-order chi connectivity index (χ0) is 24.7. The van der Waals surface area contributed by atoms with Gasteiger partial charge < -0.3 is 19.7 Å². The van der Waals surface area contributed by atoms with Gasteiger partial charge in [-0.25, -0.2) is 4.79 Å². The molecule has 2 radical (unpaired) electrons. The summed E-state index contributed by atoms with van der Waals surface area (Å²) in [7, 11) is 0. The number of unbranched alkanes of at least 4 members (excludes halogenated alkanes) is 9. The van der Waals surface area contributed by atoms with E-state index in [1.54, 1.807) is 0 Å². The number of ether oxygens (including phenoxy) is 2. The van der Waals surface area contributed by atoms with Gasteiger partial charge in [0.05, 0.1) is 0 Å². The maximum atomic E-state index is 12.3. The Kier molecular flexibility index (Phi) is 21.6. The van der Waals surface area contributed by atoms with Crippen LogP contribution in [-0.2, 0) is 14.3 Å². The number of amides is 1. The lowest BCUT2D eigenvalue weighted by Crippen LogP contribution is -2.32. The number of rotatable bonds is 22. The van der Waals surface area contributed by atoms with Crippen LogP contribution in [0.5, 0.6) is 0 Å². The highest BCUT2D eigenvalue weighted by Gasteiger charge is 2.17. The molecule has 0 aromatic carbocycles. The molecule has 0 bridgehead atoms. The average Bonchev–Trinajstić information content (AvgIpc) is 2.78. The van der Waals surface area contributed by atoms with Gasteiger partial charge in [0, 0.05) is 13.0 Å². The van der Waals surface area contributed by atoms with Gasteiger partial charge in [-0.05, 0) is 59.2 Å². The van der Waals surface area contributed by atoms with Crippen molar-refractivity contribution in [2.45, 2.75) is 123 Å². The smallest absolute Gasteiger partial charge is 0.407 e. The fourth-order valence-electron chi connectivity index (χ4n) is 3.87. The highest BCUT2D eigenvalue weighted by Crippen LogP contribution is 2.16. The minimum absolute atomic E-state index is 0.208. The number of carbonyl (C=O) groups is 2. The van der Waals surface area contributed by atoms with Crippen LogP contribution in [0.3, 0.4) is 0 Å². The molecule has 0 aromatic heterocycles. The molecule has 0 aliphatic carbocycles. The summed E-state index contributed by atoms with van der Waals surface area (Å²) in [5.41, 5.74) is 0. The minimum atomic E-state index is -0.618. The third kappa shape index (κ3) is 21.0. The molecule has 0 heterocycles. The maximum Gasteiger partial charge on any atom is 0.407 e. The molecular weight excluding hydrogens is 416 g/mol. The van der Waals surface area contributed by atoms with Gasteiger partial charge in [-0.2, -0.15) is 0 Å². The van der Waals surface area contributed by atoms with Crippen LogP contribution < -0.4 is 5.32 Å². The van der Waals surface area contributed by atoms with E-state index in [0.29, 0.717) is 13.0 Å². The number of hydrogen-bond donors (Lipinski definition) is 1. The monoisotopic (exact) mass is 468 g/mol. The number of esters is 1. The molecule has 0 aromatic rings. The quantitative estimate of drug-likeness (QED) is 0.145. The topological polar surface area (TPSA) is 67.9 Å². The molecular formula is C27H52N2O4. The molecule has 0 aliphatic rings. The summed E-state index contributed by atoms with van der Waals surface area (Å²) in [5, 5.41) is 2.85. The van der Waals surface area contributed by atoms with Gasteiger partial charge in [-0.15, -0.1) is 0 Å². The predicted octanol–water partition coefficient (Wildman–Crippen LogP) is 6.48. The normalized spacial score (nSPS) is 12.2. The minimum Gasteiger partial charge on any atom is -0.462 e. The van der Waals surface area contributed by atoms with Crippen LogP contribution in [0.4, 0.5) is 4.79 Å². The van der Waals surface area contributed by atoms with Crippen LogP contribution in [0.15, 0.2) is 0 Å². The number of alkyl carbamates (subject to hydrolysis) is 1. The van der Waals surface area contributed by atoms with Crippen LogP contribution >= 0.6 is 0 Å². The SMILES string of the molecule is [CH2]C([CH2])OC(=O)CCC(CCCCCCCCCCCC)OC(=O)NCCCN(CC)CC. The molecule has 0 saturated carbocycles.